The van der Waals surface area contributed by atoms with Gasteiger partial charge in [-0.05, 0) is 37.1 Å². The Labute approximate surface area is 104 Å². The van der Waals surface area contributed by atoms with Crippen molar-refractivity contribution in [2.75, 3.05) is 19.0 Å². The second-order valence-electron chi connectivity index (χ2n) is 4.40. The van der Waals surface area contributed by atoms with Crippen LogP contribution < -0.4 is 10.1 Å². The summed E-state index contributed by atoms with van der Waals surface area (Å²) in [6.07, 6.45) is 2.92. The molecular formula is C14H23NO2. The van der Waals surface area contributed by atoms with Gasteiger partial charge in [-0.2, -0.15) is 0 Å². The molecule has 0 saturated heterocycles. The summed E-state index contributed by atoms with van der Waals surface area (Å²) in [7, 11) is 1.66. The first-order valence-corrected chi connectivity index (χ1v) is 6.22. The van der Waals surface area contributed by atoms with Gasteiger partial charge in [0.25, 0.3) is 0 Å². The normalized spacial score (nSPS) is 14.1. The highest BCUT2D eigenvalue weighted by Gasteiger charge is 2.25. The fourth-order valence-electron chi connectivity index (χ4n) is 2.02. The van der Waals surface area contributed by atoms with Crippen LogP contribution in [0.5, 0.6) is 5.75 Å². The van der Waals surface area contributed by atoms with Crippen LogP contribution in [0.15, 0.2) is 24.3 Å². The SMILES string of the molecule is CCCC(CC)(CO)Nc1ccc(OC)cc1. The maximum atomic E-state index is 9.58. The van der Waals surface area contributed by atoms with Gasteiger partial charge in [0, 0.05) is 5.69 Å². The topological polar surface area (TPSA) is 41.5 Å². The van der Waals surface area contributed by atoms with Crippen molar-refractivity contribution in [2.24, 2.45) is 0 Å². The number of aliphatic hydroxyl groups is 1. The van der Waals surface area contributed by atoms with Crippen LogP contribution in [0.25, 0.3) is 0 Å². The molecule has 2 N–H and O–H groups in total. The Balaban J connectivity index is 2.77. The fraction of sp³-hybridized carbons (Fsp3) is 0.571. The molecule has 0 aromatic heterocycles. The third kappa shape index (κ3) is 3.63. The van der Waals surface area contributed by atoms with Crippen molar-refractivity contribution >= 4 is 5.69 Å². The van der Waals surface area contributed by atoms with Gasteiger partial charge in [0.15, 0.2) is 0 Å². The molecule has 0 fully saturated rings. The predicted octanol–water partition coefficient (Wildman–Crippen LogP) is 3.05. The average molecular weight is 237 g/mol. The molecule has 0 aliphatic rings. The maximum Gasteiger partial charge on any atom is 0.119 e. The molecule has 17 heavy (non-hydrogen) atoms. The summed E-state index contributed by atoms with van der Waals surface area (Å²) < 4.78 is 5.12. The molecule has 0 saturated carbocycles. The highest BCUT2D eigenvalue weighted by Crippen LogP contribution is 2.24. The summed E-state index contributed by atoms with van der Waals surface area (Å²) in [5.74, 6) is 0.845. The van der Waals surface area contributed by atoms with Crippen molar-refractivity contribution in [3.8, 4) is 5.75 Å². The molecule has 1 atom stereocenters. The van der Waals surface area contributed by atoms with Crippen molar-refractivity contribution < 1.29 is 9.84 Å². The van der Waals surface area contributed by atoms with E-state index in [1.807, 2.05) is 24.3 Å². The molecule has 0 aliphatic heterocycles. The Hall–Kier alpha value is -1.22. The molecule has 0 radical (unpaired) electrons. The monoisotopic (exact) mass is 237 g/mol. The zero-order valence-electron chi connectivity index (χ0n) is 11.0. The Kier molecular flexibility index (Phi) is 5.29. The Morgan fingerprint density at radius 3 is 2.29 bits per heavy atom. The number of methoxy groups -OCH3 is 1. The van der Waals surface area contributed by atoms with Gasteiger partial charge in [0.05, 0.1) is 19.3 Å². The van der Waals surface area contributed by atoms with Crippen LogP contribution in [0, 0.1) is 0 Å². The predicted molar refractivity (Wildman–Crippen MR) is 71.6 cm³/mol. The second-order valence-corrected chi connectivity index (χ2v) is 4.40. The molecule has 1 aromatic carbocycles. The van der Waals surface area contributed by atoms with Gasteiger partial charge in [-0.1, -0.05) is 20.3 Å². The number of nitrogens with one attached hydrogen (secondary N) is 1. The number of hydrogen-bond acceptors (Lipinski definition) is 3. The van der Waals surface area contributed by atoms with E-state index in [1.54, 1.807) is 7.11 Å². The first-order chi connectivity index (χ1) is 8.19. The zero-order chi connectivity index (χ0) is 12.7. The first-order valence-electron chi connectivity index (χ1n) is 6.22. The number of rotatable bonds is 7. The molecule has 96 valence electrons. The van der Waals surface area contributed by atoms with Gasteiger partial charge in [0.1, 0.15) is 5.75 Å². The van der Waals surface area contributed by atoms with Crippen LogP contribution in [0.2, 0.25) is 0 Å². The minimum absolute atomic E-state index is 0.156. The fourth-order valence-corrected chi connectivity index (χ4v) is 2.02. The number of ether oxygens (including phenoxy) is 1. The van der Waals surface area contributed by atoms with Crippen molar-refractivity contribution in [3.05, 3.63) is 24.3 Å². The number of anilines is 1. The molecule has 3 heteroatoms. The van der Waals surface area contributed by atoms with E-state index < -0.39 is 0 Å². The van der Waals surface area contributed by atoms with E-state index in [9.17, 15) is 5.11 Å². The van der Waals surface area contributed by atoms with Crippen LogP contribution in [-0.2, 0) is 0 Å². The summed E-state index contributed by atoms with van der Waals surface area (Å²) in [5.41, 5.74) is 0.818. The van der Waals surface area contributed by atoms with E-state index in [0.29, 0.717) is 0 Å². The summed E-state index contributed by atoms with van der Waals surface area (Å²) in [6, 6.07) is 7.81. The maximum absolute atomic E-state index is 9.58. The molecule has 1 rings (SSSR count). The van der Waals surface area contributed by atoms with Gasteiger partial charge >= 0.3 is 0 Å². The summed E-state index contributed by atoms with van der Waals surface area (Å²) in [4.78, 5) is 0. The van der Waals surface area contributed by atoms with Crippen molar-refractivity contribution in [2.45, 2.75) is 38.6 Å². The largest absolute Gasteiger partial charge is 0.497 e. The zero-order valence-corrected chi connectivity index (χ0v) is 11.0. The van der Waals surface area contributed by atoms with Gasteiger partial charge in [-0.15, -0.1) is 0 Å². The quantitative estimate of drug-likeness (QED) is 0.766. The van der Waals surface area contributed by atoms with Gasteiger partial charge in [-0.3, -0.25) is 0 Å². The lowest BCUT2D eigenvalue weighted by Gasteiger charge is -2.33. The minimum Gasteiger partial charge on any atom is -0.497 e. The average Bonchev–Trinajstić information content (AvgIpc) is 2.39. The van der Waals surface area contributed by atoms with E-state index >= 15 is 0 Å². The molecule has 0 amide bonds. The third-order valence-electron chi connectivity index (χ3n) is 3.21. The summed E-state index contributed by atoms with van der Waals surface area (Å²) in [6.45, 7) is 4.39. The Morgan fingerprint density at radius 1 is 1.24 bits per heavy atom. The van der Waals surface area contributed by atoms with E-state index in [0.717, 1.165) is 30.7 Å². The van der Waals surface area contributed by atoms with Crippen molar-refractivity contribution in [1.29, 1.82) is 0 Å². The molecule has 0 bridgehead atoms. The smallest absolute Gasteiger partial charge is 0.119 e. The van der Waals surface area contributed by atoms with E-state index in [2.05, 4.69) is 19.2 Å². The van der Waals surface area contributed by atoms with E-state index in [-0.39, 0.29) is 12.1 Å². The first kappa shape index (κ1) is 13.8. The van der Waals surface area contributed by atoms with Crippen LogP contribution in [0.1, 0.15) is 33.1 Å². The van der Waals surface area contributed by atoms with Gasteiger partial charge < -0.3 is 15.2 Å². The molecule has 0 spiro atoms. The van der Waals surface area contributed by atoms with E-state index in [4.69, 9.17) is 4.74 Å². The Morgan fingerprint density at radius 2 is 1.88 bits per heavy atom. The molecule has 1 unspecified atom stereocenters. The van der Waals surface area contributed by atoms with Crippen LogP contribution in [0.4, 0.5) is 5.69 Å². The second kappa shape index (κ2) is 6.50. The lowest BCUT2D eigenvalue weighted by atomic mass is 9.91. The standard InChI is InChI=1S/C14H23NO2/c1-4-10-14(5-2,11-16)15-12-6-8-13(17-3)9-7-12/h6-9,15-16H,4-5,10-11H2,1-3H3. The van der Waals surface area contributed by atoms with Gasteiger partial charge in [-0.25, -0.2) is 0 Å². The van der Waals surface area contributed by atoms with E-state index in [1.165, 1.54) is 0 Å². The Bertz CT molecular complexity index is 317. The van der Waals surface area contributed by atoms with Crippen LogP contribution >= 0.6 is 0 Å². The van der Waals surface area contributed by atoms with Gasteiger partial charge in [0.2, 0.25) is 0 Å². The molecule has 0 aliphatic carbocycles. The molecule has 0 heterocycles. The summed E-state index contributed by atoms with van der Waals surface area (Å²) in [5, 5.41) is 13.0. The van der Waals surface area contributed by atoms with Crippen molar-refractivity contribution in [3.63, 3.8) is 0 Å². The van der Waals surface area contributed by atoms with Crippen LogP contribution in [0.3, 0.4) is 0 Å². The number of benzene rings is 1. The highest BCUT2D eigenvalue weighted by molar-refractivity contribution is 5.48. The lowest BCUT2D eigenvalue weighted by Crippen LogP contribution is -2.41. The number of aliphatic hydroxyl groups excluding tert-OH is 1. The molecule has 3 nitrogen and oxygen atoms in total. The lowest BCUT2D eigenvalue weighted by molar-refractivity contribution is 0.197. The number of hydrogen-bond donors (Lipinski definition) is 2. The molecular weight excluding hydrogens is 214 g/mol. The highest BCUT2D eigenvalue weighted by atomic mass is 16.5. The van der Waals surface area contributed by atoms with Crippen LogP contribution in [-0.4, -0.2) is 24.4 Å². The molecule has 1 aromatic rings. The third-order valence-corrected chi connectivity index (χ3v) is 3.21. The summed E-state index contributed by atoms with van der Waals surface area (Å²) >= 11 is 0. The minimum atomic E-state index is -0.205. The van der Waals surface area contributed by atoms with Crippen molar-refractivity contribution in [1.82, 2.24) is 0 Å².